The van der Waals surface area contributed by atoms with Crippen LogP contribution in [-0.4, -0.2) is 33.5 Å². The van der Waals surface area contributed by atoms with E-state index in [0.717, 1.165) is 19.3 Å². The largest absolute Gasteiger partial charge is 0.481 e. The number of hydrogen-bond acceptors (Lipinski definition) is 3. The first-order valence-corrected chi connectivity index (χ1v) is 7.21. The molecular formula is C16H25N3O3. The Morgan fingerprint density at radius 1 is 1.50 bits per heavy atom. The van der Waals surface area contributed by atoms with Gasteiger partial charge in [-0.2, -0.15) is 0 Å². The number of aliphatic carboxylic acids is 1. The van der Waals surface area contributed by atoms with Crippen LogP contribution >= 0.6 is 0 Å². The summed E-state index contributed by atoms with van der Waals surface area (Å²) in [6.45, 7) is 9.22. The van der Waals surface area contributed by atoms with Crippen molar-refractivity contribution in [2.45, 2.75) is 38.6 Å². The molecule has 0 spiro atoms. The fourth-order valence-corrected chi connectivity index (χ4v) is 2.09. The smallest absolute Gasteiger partial charge is 0.315 e. The van der Waals surface area contributed by atoms with E-state index >= 15 is 0 Å². The molecule has 6 heteroatoms. The van der Waals surface area contributed by atoms with Gasteiger partial charge in [0, 0.05) is 12.4 Å². The lowest BCUT2D eigenvalue weighted by Crippen LogP contribution is -2.47. The van der Waals surface area contributed by atoms with Gasteiger partial charge in [-0.25, -0.2) is 4.98 Å². The normalized spacial score (nSPS) is 13.7. The fraction of sp³-hybridized carbons (Fsp3) is 0.438. The number of hydrogen-bond donors (Lipinski definition) is 3. The van der Waals surface area contributed by atoms with E-state index in [4.69, 9.17) is 0 Å². The highest BCUT2D eigenvalue weighted by Crippen LogP contribution is 2.31. The molecule has 2 atom stereocenters. The van der Waals surface area contributed by atoms with Crippen LogP contribution in [0.5, 0.6) is 0 Å². The number of nitrogens with one attached hydrogen (secondary N) is 2. The summed E-state index contributed by atoms with van der Waals surface area (Å²) in [7, 11) is 0. The zero-order valence-corrected chi connectivity index (χ0v) is 13.0. The molecule has 3 N–H and O–H groups in total. The summed E-state index contributed by atoms with van der Waals surface area (Å²) in [6, 6.07) is -0.633. The number of imidazole rings is 1. The molecule has 0 fully saturated rings. The average Bonchev–Trinajstić information content (AvgIpc) is 3.09. The number of H-pyrrole nitrogens is 1. The Morgan fingerprint density at radius 3 is 2.55 bits per heavy atom. The second kappa shape index (κ2) is 11.3. The van der Waals surface area contributed by atoms with Gasteiger partial charge in [-0.1, -0.05) is 38.3 Å². The van der Waals surface area contributed by atoms with Gasteiger partial charge < -0.3 is 15.4 Å². The number of aromatic nitrogens is 2. The molecule has 0 saturated heterocycles. The van der Waals surface area contributed by atoms with Crippen LogP contribution in [0.4, 0.5) is 0 Å². The summed E-state index contributed by atoms with van der Waals surface area (Å²) in [6.07, 6.45) is 11.6. The molecule has 0 radical (unpaired) electrons. The minimum atomic E-state index is -1.17. The molecule has 1 aromatic heterocycles. The molecule has 122 valence electrons. The Balaban J connectivity index is 0.000000734. The summed E-state index contributed by atoms with van der Waals surface area (Å²) in [5.41, 5.74) is -1.17. The molecule has 2 unspecified atom stereocenters. The molecule has 22 heavy (non-hydrogen) atoms. The number of carbonyl (C=O) groups is 2. The van der Waals surface area contributed by atoms with Crippen molar-refractivity contribution in [3.63, 3.8) is 0 Å². The van der Waals surface area contributed by atoms with Crippen LogP contribution in [0.1, 0.15) is 32.6 Å². The molecule has 1 amide bonds. The third-order valence-electron chi connectivity index (χ3n) is 3.40. The Hall–Kier alpha value is -2.37. The highest BCUT2D eigenvalue weighted by Gasteiger charge is 2.41. The number of carbonyl (C=O) groups excluding carboxylic acids is 1. The minimum absolute atomic E-state index is 0.442. The lowest BCUT2D eigenvalue weighted by atomic mass is 9.76. The van der Waals surface area contributed by atoms with Gasteiger partial charge in [0.2, 0.25) is 6.41 Å². The summed E-state index contributed by atoms with van der Waals surface area (Å²) >= 11 is 0. The molecule has 1 rings (SSSR count). The van der Waals surface area contributed by atoms with Crippen molar-refractivity contribution >= 4 is 12.4 Å². The second-order valence-corrected chi connectivity index (χ2v) is 4.77. The molecule has 0 saturated carbocycles. The van der Waals surface area contributed by atoms with Crippen molar-refractivity contribution in [1.82, 2.24) is 15.3 Å². The predicted octanol–water partition coefficient (Wildman–Crippen LogP) is 2.53. The first-order chi connectivity index (χ1) is 10.6. The monoisotopic (exact) mass is 307 g/mol. The van der Waals surface area contributed by atoms with Crippen LogP contribution in [-0.2, 0) is 9.59 Å². The van der Waals surface area contributed by atoms with Crippen LogP contribution in [0.25, 0.3) is 0 Å². The molecule has 6 nitrogen and oxygen atoms in total. The number of amides is 1. The van der Waals surface area contributed by atoms with Crippen molar-refractivity contribution in [3.8, 4) is 0 Å². The SMILES string of the molecule is C=CC(NC=O)C(C=C)(CCCCC)C(=O)O.c1c[nH]cn1. The summed E-state index contributed by atoms with van der Waals surface area (Å²) in [4.78, 5) is 28.4. The number of rotatable bonds is 10. The van der Waals surface area contributed by atoms with Gasteiger partial charge in [0.05, 0.1) is 12.4 Å². The van der Waals surface area contributed by atoms with E-state index in [1.165, 1.54) is 12.2 Å². The van der Waals surface area contributed by atoms with Gasteiger partial charge in [-0.3, -0.25) is 9.59 Å². The molecule has 1 aromatic rings. The lowest BCUT2D eigenvalue weighted by molar-refractivity contribution is -0.147. The van der Waals surface area contributed by atoms with E-state index in [2.05, 4.69) is 28.4 Å². The molecule has 0 bridgehead atoms. The van der Waals surface area contributed by atoms with Crippen molar-refractivity contribution < 1.29 is 14.7 Å². The van der Waals surface area contributed by atoms with E-state index in [0.29, 0.717) is 12.8 Å². The van der Waals surface area contributed by atoms with Gasteiger partial charge >= 0.3 is 5.97 Å². The van der Waals surface area contributed by atoms with Gasteiger partial charge in [0.1, 0.15) is 5.41 Å². The summed E-state index contributed by atoms with van der Waals surface area (Å²) in [5, 5.41) is 11.9. The Morgan fingerprint density at radius 2 is 2.23 bits per heavy atom. The first kappa shape index (κ1) is 19.6. The van der Waals surface area contributed by atoms with Crippen molar-refractivity contribution in [2.75, 3.05) is 0 Å². The zero-order chi connectivity index (χ0) is 16.8. The van der Waals surface area contributed by atoms with Gasteiger partial charge in [-0.05, 0) is 6.42 Å². The van der Waals surface area contributed by atoms with E-state index in [1.54, 1.807) is 18.7 Å². The van der Waals surface area contributed by atoms with Crippen molar-refractivity contribution in [2.24, 2.45) is 5.41 Å². The molecule has 0 aliphatic heterocycles. The number of nitrogens with zero attached hydrogens (tertiary/aromatic N) is 1. The van der Waals surface area contributed by atoms with E-state index in [9.17, 15) is 14.7 Å². The minimum Gasteiger partial charge on any atom is -0.481 e. The Bertz CT molecular complexity index is 428. The van der Waals surface area contributed by atoms with Gasteiger partial charge in [-0.15, -0.1) is 13.2 Å². The number of carboxylic acid groups (broad SMARTS) is 1. The number of aromatic amines is 1. The number of unbranched alkanes of at least 4 members (excludes halogenated alkanes) is 2. The average molecular weight is 307 g/mol. The molecular weight excluding hydrogens is 282 g/mol. The van der Waals surface area contributed by atoms with Gasteiger partial charge in [0.15, 0.2) is 0 Å². The van der Waals surface area contributed by atoms with E-state index < -0.39 is 17.4 Å². The van der Waals surface area contributed by atoms with Crippen LogP contribution in [0.2, 0.25) is 0 Å². The van der Waals surface area contributed by atoms with Crippen LogP contribution < -0.4 is 5.32 Å². The van der Waals surface area contributed by atoms with Crippen LogP contribution in [0, 0.1) is 5.41 Å². The third kappa shape index (κ3) is 5.95. The molecule has 0 aliphatic carbocycles. The molecule has 0 aromatic carbocycles. The second-order valence-electron chi connectivity index (χ2n) is 4.77. The zero-order valence-electron chi connectivity index (χ0n) is 13.0. The fourth-order valence-electron chi connectivity index (χ4n) is 2.09. The highest BCUT2D eigenvalue weighted by molar-refractivity contribution is 5.79. The third-order valence-corrected chi connectivity index (χ3v) is 3.40. The maximum atomic E-state index is 11.4. The van der Waals surface area contributed by atoms with Crippen LogP contribution in [0.15, 0.2) is 44.0 Å². The van der Waals surface area contributed by atoms with Crippen molar-refractivity contribution in [1.29, 1.82) is 0 Å². The highest BCUT2D eigenvalue weighted by atomic mass is 16.4. The standard InChI is InChI=1S/C13H21NO3.C3H4N2/c1-4-7-8-9-13(6-3,12(16)17)11(5-2)14-10-15;1-2-5-3-4-1/h5-6,10-11H,2-4,7-9H2,1H3,(H,14,15)(H,16,17);1-3H,(H,4,5). The summed E-state index contributed by atoms with van der Waals surface area (Å²) in [5.74, 6) is -0.983. The maximum absolute atomic E-state index is 11.4. The van der Waals surface area contributed by atoms with Crippen LogP contribution in [0.3, 0.4) is 0 Å². The van der Waals surface area contributed by atoms with E-state index in [-0.39, 0.29) is 0 Å². The van der Waals surface area contributed by atoms with E-state index in [1.807, 2.05) is 6.92 Å². The lowest BCUT2D eigenvalue weighted by Gasteiger charge is -2.32. The Labute approximate surface area is 131 Å². The molecule has 1 heterocycles. The summed E-state index contributed by atoms with van der Waals surface area (Å²) < 4.78 is 0. The topological polar surface area (TPSA) is 95.1 Å². The van der Waals surface area contributed by atoms with Crippen molar-refractivity contribution in [3.05, 3.63) is 44.0 Å². The first-order valence-electron chi connectivity index (χ1n) is 7.21. The quantitative estimate of drug-likeness (QED) is 0.352. The predicted molar refractivity (Wildman–Crippen MR) is 86.2 cm³/mol. The number of carboxylic acids is 1. The van der Waals surface area contributed by atoms with Gasteiger partial charge in [0.25, 0.3) is 0 Å². The Kier molecular flexibility index (Phi) is 10.1. The maximum Gasteiger partial charge on any atom is 0.315 e. The molecule has 0 aliphatic rings.